The van der Waals surface area contributed by atoms with E-state index in [9.17, 15) is 8.42 Å². The fraction of sp³-hybridized carbons (Fsp3) is 0.923. The number of rotatable bonds is 4. The minimum absolute atomic E-state index is 0.248. The van der Waals surface area contributed by atoms with Crippen molar-refractivity contribution < 1.29 is 8.42 Å². The number of hydrogen-bond acceptors (Lipinski definition) is 3. The predicted octanol–water partition coefficient (Wildman–Crippen LogP) is 2.23. The lowest BCUT2D eigenvalue weighted by Gasteiger charge is -2.33. The van der Waals surface area contributed by atoms with Crippen molar-refractivity contribution in [2.75, 3.05) is 0 Å². The maximum atomic E-state index is 12.5. The Balaban J connectivity index is 2.17. The molecular formula is C13H24N2O2S2. The highest BCUT2D eigenvalue weighted by atomic mass is 32.2. The van der Waals surface area contributed by atoms with Crippen LogP contribution in [-0.4, -0.2) is 24.2 Å². The van der Waals surface area contributed by atoms with E-state index in [-0.39, 0.29) is 5.25 Å². The van der Waals surface area contributed by atoms with Gasteiger partial charge in [-0.15, -0.1) is 0 Å². The molecule has 2 saturated carbocycles. The summed E-state index contributed by atoms with van der Waals surface area (Å²) < 4.78 is 27.9. The molecule has 2 aliphatic carbocycles. The summed E-state index contributed by atoms with van der Waals surface area (Å²) in [4.78, 5) is 0.316. The van der Waals surface area contributed by atoms with Gasteiger partial charge >= 0.3 is 0 Å². The predicted molar refractivity (Wildman–Crippen MR) is 81.5 cm³/mol. The Hall–Kier alpha value is -0.200. The van der Waals surface area contributed by atoms with Crippen LogP contribution in [0.1, 0.15) is 64.2 Å². The lowest BCUT2D eigenvalue weighted by molar-refractivity contribution is 0.437. The van der Waals surface area contributed by atoms with Crippen molar-refractivity contribution in [3.05, 3.63) is 0 Å². The van der Waals surface area contributed by atoms with Crippen LogP contribution >= 0.6 is 12.2 Å². The van der Waals surface area contributed by atoms with Crippen LogP contribution in [0, 0.1) is 0 Å². The highest BCUT2D eigenvalue weighted by molar-refractivity contribution is 7.90. The zero-order chi connectivity index (χ0) is 13.9. The summed E-state index contributed by atoms with van der Waals surface area (Å²) in [5, 5.41) is -0.248. The summed E-state index contributed by atoms with van der Waals surface area (Å²) in [6.07, 6.45) is 9.28. The average molecular weight is 304 g/mol. The molecule has 0 heterocycles. The summed E-state index contributed by atoms with van der Waals surface area (Å²) >= 11 is 5.18. The maximum Gasteiger partial charge on any atom is 0.215 e. The third kappa shape index (κ3) is 3.47. The van der Waals surface area contributed by atoms with Crippen molar-refractivity contribution in [3.8, 4) is 0 Å². The molecule has 0 radical (unpaired) electrons. The molecule has 2 rings (SSSR count). The van der Waals surface area contributed by atoms with Gasteiger partial charge in [0.2, 0.25) is 10.0 Å². The highest BCUT2D eigenvalue weighted by Gasteiger charge is 2.40. The van der Waals surface area contributed by atoms with Gasteiger partial charge in [-0.25, -0.2) is 13.1 Å². The Labute approximate surface area is 121 Å². The number of nitrogens with two attached hydrogens (primary N) is 1. The van der Waals surface area contributed by atoms with Crippen molar-refractivity contribution in [2.24, 2.45) is 5.73 Å². The second kappa shape index (κ2) is 6.06. The van der Waals surface area contributed by atoms with Gasteiger partial charge in [0.1, 0.15) is 0 Å². The van der Waals surface area contributed by atoms with E-state index in [4.69, 9.17) is 18.0 Å². The Bertz CT molecular complexity index is 420. The molecular weight excluding hydrogens is 280 g/mol. The quantitative estimate of drug-likeness (QED) is 0.617. The molecule has 3 N–H and O–H groups in total. The second-order valence-corrected chi connectivity index (χ2v) is 8.31. The summed E-state index contributed by atoms with van der Waals surface area (Å²) in [6, 6.07) is 0. The third-order valence-electron chi connectivity index (χ3n) is 4.51. The first-order valence-electron chi connectivity index (χ1n) is 7.29. The van der Waals surface area contributed by atoms with E-state index in [1.54, 1.807) is 0 Å². The van der Waals surface area contributed by atoms with E-state index in [1.807, 2.05) is 0 Å². The SMILES string of the molecule is NC(=S)C1(NS(=O)(=O)C2CCCC2)CCCCCC1. The smallest absolute Gasteiger partial charge is 0.215 e. The van der Waals surface area contributed by atoms with Gasteiger partial charge in [-0.3, -0.25) is 0 Å². The lowest BCUT2D eigenvalue weighted by Crippen LogP contribution is -2.57. The van der Waals surface area contributed by atoms with Gasteiger partial charge in [0.05, 0.1) is 15.8 Å². The first kappa shape index (κ1) is 15.2. The molecule has 0 aliphatic heterocycles. The van der Waals surface area contributed by atoms with Crippen LogP contribution < -0.4 is 10.5 Å². The number of hydrogen-bond donors (Lipinski definition) is 2. The molecule has 19 heavy (non-hydrogen) atoms. The van der Waals surface area contributed by atoms with Crippen molar-refractivity contribution >= 4 is 27.2 Å². The molecule has 0 aromatic carbocycles. The Morgan fingerprint density at radius 3 is 2.05 bits per heavy atom. The number of thiocarbonyl (C=S) groups is 1. The molecule has 4 nitrogen and oxygen atoms in total. The van der Waals surface area contributed by atoms with Crippen LogP contribution in [0.15, 0.2) is 0 Å². The van der Waals surface area contributed by atoms with Gasteiger partial charge in [0, 0.05) is 0 Å². The van der Waals surface area contributed by atoms with Crippen LogP contribution in [0.5, 0.6) is 0 Å². The van der Waals surface area contributed by atoms with E-state index < -0.39 is 15.6 Å². The topological polar surface area (TPSA) is 72.2 Å². The molecule has 6 heteroatoms. The fourth-order valence-corrected chi connectivity index (χ4v) is 5.58. The molecule has 0 atom stereocenters. The molecule has 0 spiro atoms. The van der Waals surface area contributed by atoms with E-state index in [1.165, 1.54) is 0 Å². The van der Waals surface area contributed by atoms with Gasteiger partial charge in [0.15, 0.2) is 0 Å². The monoisotopic (exact) mass is 304 g/mol. The number of nitrogens with one attached hydrogen (secondary N) is 1. The summed E-state index contributed by atoms with van der Waals surface area (Å²) in [5.74, 6) is 0. The van der Waals surface area contributed by atoms with Crippen LogP contribution in [0.3, 0.4) is 0 Å². The van der Waals surface area contributed by atoms with Crippen LogP contribution in [0.2, 0.25) is 0 Å². The molecule has 0 bridgehead atoms. The Morgan fingerprint density at radius 2 is 1.58 bits per heavy atom. The minimum atomic E-state index is -3.30. The van der Waals surface area contributed by atoms with E-state index in [0.717, 1.165) is 64.2 Å². The van der Waals surface area contributed by atoms with Crippen molar-refractivity contribution in [3.63, 3.8) is 0 Å². The zero-order valence-electron chi connectivity index (χ0n) is 11.4. The number of sulfonamides is 1. The van der Waals surface area contributed by atoms with Gasteiger partial charge in [0.25, 0.3) is 0 Å². The maximum absolute atomic E-state index is 12.5. The molecule has 2 aliphatic rings. The molecule has 2 fully saturated rings. The molecule has 0 aromatic rings. The molecule has 0 unspecified atom stereocenters. The molecule has 0 amide bonds. The van der Waals surface area contributed by atoms with Gasteiger partial charge in [-0.05, 0) is 25.7 Å². The fourth-order valence-electron chi connectivity index (χ4n) is 3.29. The normalized spacial score (nSPS) is 25.1. The largest absolute Gasteiger partial charge is 0.392 e. The van der Waals surface area contributed by atoms with E-state index in [2.05, 4.69) is 4.72 Å². The molecule has 0 saturated heterocycles. The summed E-state index contributed by atoms with van der Waals surface area (Å²) in [6.45, 7) is 0. The first-order valence-corrected chi connectivity index (χ1v) is 9.24. The van der Waals surface area contributed by atoms with Crippen molar-refractivity contribution in [2.45, 2.75) is 75.0 Å². The van der Waals surface area contributed by atoms with Gasteiger partial charge in [-0.1, -0.05) is 50.7 Å². The Morgan fingerprint density at radius 1 is 1.05 bits per heavy atom. The highest BCUT2D eigenvalue weighted by Crippen LogP contribution is 2.31. The second-order valence-electron chi connectivity index (χ2n) is 5.91. The van der Waals surface area contributed by atoms with Crippen LogP contribution in [-0.2, 0) is 10.0 Å². The molecule has 110 valence electrons. The summed E-state index contributed by atoms with van der Waals surface area (Å²) in [7, 11) is -3.30. The zero-order valence-corrected chi connectivity index (χ0v) is 13.0. The van der Waals surface area contributed by atoms with Crippen molar-refractivity contribution in [1.82, 2.24) is 4.72 Å². The average Bonchev–Trinajstić information content (AvgIpc) is 2.78. The first-order chi connectivity index (χ1) is 8.96. The van der Waals surface area contributed by atoms with E-state index >= 15 is 0 Å². The Kier molecular flexibility index (Phi) is 4.84. The van der Waals surface area contributed by atoms with Gasteiger partial charge in [-0.2, -0.15) is 0 Å². The van der Waals surface area contributed by atoms with Gasteiger partial charge < -0.3 is 5.73 Å². The minimum Gasteiger partial charge on any atom is -0.392 e. The lowest BCUT2D eigenvalue weighted by atomic mass is 9.91. The third-order valence-corrected chi connectivity index (χ3v) is 6.92. The summed E-state index contributed by atoms with van der Waals surface area (Å²) in [5.41, 5.74) is 5.21. The van der Waals surface area contributed by atoms with Crippen LogP contribution in [0.25, 0.3) is 0 Å². The molecule has 0 aromatic heterocycles. The van der Waals surface area contributed by atoms with E-state index in [0.29, 0.717) is 4.99 Å². The standard InChI is InChI=1S/C13H24N2O2S2/c14-12(18)13(9-5-1-2-6-10-13)15-19(16,17)11-7-3-4-8-11/h11,15H,1-10H2,(H2,14,18). The van der Waals surface area contributed by atoms with Crippen molar-refractivity contribution in [1.29, 1.82) is 0 Å². The van der Waals surface area contributed by atoms with Crippen LogP contribution in [0.4, 0.5) is 0 Å².